The van der Waals surface area contributed by atoms with Crippen molar-refractivity contribution in [3.8, 4) is 0 Å². The number of carbonyl (C=O) groups excluding carboxylic acids is 1. The Labute approximate surface area is 97.1 Å². The maximum Gasteiger partial charge on any atom is 0.243 e. The summed E-state index contributed by atoms with van der Waals surface area (Å²) in [5, 5.41) is 3.08. The topological polar surface area (TPSA) is 116 Å². The van der Waals surface area contributed by atoms with Crippen LogP contribution in [0.1, 0.15) is 0 Å². The summed E-state index contributed by atoms with van der Waals surface area (Å²) in [5.74, 6) is -0.0766. The maximum absolute atomic E-state index is 10.3. The predicted octanol–water partition coefficient (Wildman–Crippen LogP) is -0.374. The zero-order chi connectivity index (χ0) is 12.0. The van der Waals surface area contributed by atoms with Crippen LogP contribution in [-0.2, 0) is 9.53 Å². The lowest BCUT2D eigenvalue weighted by atomic mass is 10.5. The Kier molecular flexibility index (Phi) is 4.74. The third-order valence-electron chi connectivity index (χ3n) is 1.62. The highest BCUT2D eigenvalue weighted by Gasteiger charge is 2.04. The number of aromatic nitrogens is 2. The average molecular weight is 246 g/mol. The van der Waals surface area contributed by atoms with Gasteiger partial charge in [0.25, 0.3) is 0 Å². The molecule has 8 heteroatoms. The monoisotopic (exact) mass is 245 g/mol. The maximum atomic E-state index is 10.3. The molecule has 0 spiro atoms. The highest BCUT2D eigenvalue weighted by atomic mass is 35.5. The molecule has 0 aliphatic carbocycles. The van der Waals surface area contributed by atoms with Crippen molar-refractivity contribution < 1.29 is 9.53 Å². The summed E-state index contributed by atoms with van der Waals surface area (Å²) in [4.78, 5) is 17.9. The van der Waals surface area contributed by atoms with E-state index in [1.807, 2.05) is 0 Å². The molecule has 1 heterocycles. The number of primary amides is 1. The molecular weight excluding hydrogens is 234 g/mol. The molecule has 0 fully saturated rings. The van der Waals surface area contributed by atoms with Crippen LogP contribution in [-0.4, -0.2) is 35.6 Å². The molecule has 7 nitrogen and oxygen atoms in total. The minimum Gasteiger partial charge on any atom is -0.393 e. The number of ether oxygens (including phenoxy) is 1. The Morgan fingerprint density at radius 1 is 1.56 bits per heavy atom. The lowest BCUT2D eigenvalue weighted by Crippen LogP contribution is -2.21. The number of halogens is 1. The summed E-state index contributed by atoms with van der Waals surface area (Å²) < 4.78 is 4.93. The van der Waals surface area contributed by atoms with Crippen LogP contribution >= 0.6 is 11.6 Å². The SMILES string of the molecule is NC(=O)COCCNc1ncnc(Cl)c1N. The summed E-state index contributed by atoms with van der Waals surface area (Å²) in [6.07, 6.45) is 1.30. The highest BCUT2D eigenvalue weighted by molar-refractivity contribution is 6.32. The van der Waals surface area contributed by atoms with Crippen LogP contribution in [0.15, 0.2) is 6.33 Å². The number of hydrogen-bond acceptors (Lipinski definition) is 6. The Hall–Kier alpha value is -1.60. The van der Waals surface area contributed by atoms with Crippen LogP contribution < -0.4 is 16.8 Å². The van der Waals surface area contributed by atoms with Crippen LogP contribution in [0.5, 0.6) is 0 Å². The van der Waals surface area contributed by atoms with Crippen molar-refractivity contribution in [2.45, 2.75) is 0 Å². The van der Waals surface area contributed by atoms with Gasteiger partial charge in [-0.2, -0.15) is 0 Å². The standard InChI is InChI=1S/C8H12ClN5O2/c9-7-6(11)8(14-4-13-7)12-1-2-16-3-5(10)15/h4H,1-3,11H2,(H2,10,15)(H,12,13,14). The van der Waals surface area contributed by atoms with E-state index in [1.165, 1.54) is 6.33 Å². The smallest absolute Gasteiger partial charge is 0.243 e. The molecule has 0 aromatic carbocycles. The lowest BCUT2D eigenvalue weighted by molar-refractivity contribution is -0.122. The first kappa shape index (κ1) is 12.5. The zero-order valence-electron chi connectivity index (χ0n) is 8.44. The molecule has 0 aliphatic rings. The van der Waals surface area contributed by atoms with E-state index < -0.39 is 5.91 Å². The van der Waals surface area contributed by atoms with Crippen molar-refractivity contribution >= 4 is 29.0 Å². The Morgan fingerprint density at radius 3 is 3.00 bits per heavy atom. The molecule has 5 N–H and O–H groups in total. The minimum absolute atomic E-state index is 0.109. The molecule has 1 amide bonds. The summed E-state index contributed by atoms with van der Waals surface area (Å²) >= 11 is 5.69. The molecule has 0 saturated carbocycles. The first-order valence-electron chi connectivity index (χ1n) is 4.47. The van der Waals surface area contributed by atoms with Crippen LogP contribution in [0, 0.1) is 0 Å². The predicted molar refractivity (Wildman–Crippen MR) is 60.0 cm³/mol. The Bertz CT molecular complexity index is 373. The number of carbonyl (C=O) groups is 1. The van der Waals surface area contributed by atoms with E-state index in [9.17, 15) is 4.79 Å². The van der Waals surface area contributed by atoms with Crippen molar-refractivity contribution in [2.75, 3.05) is 30.8 Å². The molecule has 0 atom stereocenters. The molecular formula is C8H12ClN5O2. The summed E-state index contributed by atoms with van der Waals surface area (Å²) in [6.45, 7) is 0.635. The Balaban J connectivity index is 2.32. The van der Waals surface area contributed by atoms with E-state index in [2.05, 4.69) is 15.3 Å². The second-order valence-corrected chi connectivity index (χ2v) is 3.23. The highest BCUT2D eigenvalue weighted by Crippen LogP contribution is 2.21. The van der Waals surface area contributed by atoms with Gasteiger partial charge in [-0.05, 0) is 0 Å². The third kappa shape index (κ3) is 3.87. The van der Waals surface area contributed by atoms with E-state index in [4.69, 9.17) is 27.8 Å². The second-order valence-electron chi connectivity index (χ2n) is 2.87. The molecule has 16 heavy (non-hydrogen) atoms. The van der Waals surface area contributed by atoms with E-state index in [-0.39, 0.29) is 17.4 Å². The number of hydrogen-bond donors (Lipinski definition) is 3. The van der Waals surface area contributed by atoms with Crippen LogP contribution in [0.3, 0.4) is 0 Å². The van der Waals surface area contributed by atoms with E-state index >= 15 is 0 Å². The number of nitrogens with one attached hydrogen (secondary N) is 1. The van der Waals surface area contributed by atoms with Gasteiger partial charge in [-0.1, -0.05) is 11.6 Å². The Morgan fingerprint density at radius 2 is 2.31 bits per heavy atom. The number of nitrogens with zero attached hydrogens (tertiary/aromatic N) is 2. The molecule has 0 radical (unpaired) electrons. The van der Waals surface area contributed by atoms with E-state index in [0.29, 0.717) is 19.0 Å². The first-order chi connectivity index (χ1) is 7.61. The normalized spacial score (nSPS) is 10.1. The van der Waals surface area contributed by atoms with Gasteiger partial charge in [-0.25, -0.2) is 9.97 Å². The fraction of sp³-hybridized carbons (Fsp3) is 0.375. The number of nitrogens with two attached hydrogens (primary N) is 2. The minimum atomic E-state index is -0.510. The fourth-order valence-corrected chi connectivity index (χ4v) is 1.06. The first-order valence-corrected chi connectivity index (χ1v) is 4.85. The number of amides is 1. The third-order valence-corrected chi connectivity index (χ3v) is 1.92. The van der Waals surface area contributed by atoms with Crippen molar-refractivity contribution in [2.24, 2.45) is 5.73 Å². The van der Waals surface area contributed by atoms with Gasteiger partial charge >= 0.3 is 0 Å². The van der Waals surface area contributed by atoms with Crippen molar-refractivity contribution in [3.63, 3.8) is 0 Å². The molecule has 88 valence electrons. The van der Waals surface area contributed by atoms with Crippen LogP contribution in [0.25, 0.3) is 0 Å². The van der Waals surface area contributed by atoms with Crippen molar-refractivity contribution in [1.29, 1.82) is 0 Å². The summed E-state index contributed by atoms with van der Waals surface area (Å²) in [5.41, 5.74) is 10.8. The number of rotatable bonds is 6. The molecule has 0 bridgehead atoms. The number of anilines is 2. The fourth-order valence-electron chi connectivity index (χ4n) is 0.929. The van der Waals surface area contributed by atoms with Gasteiger partial charge in [-0.3, -0.25) is 4.79 Å². The van der Waals surface area contributed by atoms with Gasteiger partial charge in [0.05, 0.1) is 6.61 Å². The quantitative estimate of drug-likeness (QED) is 0.465. The van der Waals surface area contributed by atoms with E-state index in [1.54, 1.807) is 0 Å². The number of nitrogen functional groups attached to an aromatic ring is 1. The van der Waals surface area contributed by atoms with Gasteiger partial charge in [0.15, 0.2) is 11.0 Å². The van der Waals surface area contributed by atoms with E-state index in [0.717, 1.165) is 0 Å². The summed E-state index contributed by atoms with van der Waals surface area (Å²) in [6, 6.07) is 0. The largest absolute Gasteiger partial charge is 0.393 e. The lowest BCUT2D eigenvalue weighted by Gasteiger charge is -2.08. The zero-order valence-corrected chi connectivity index (χ0v) is 9.20. The average Bonchev–Trinajstić information content (AvgIpc) is 2.23. The van der Waals surface area contributed by atoms with Crippen LogP contribution in [0.4, 0.5) is 11.5 Å². The van der Waals surface area contributed by atoms with Gasteiger partial charge in [0.2, 0.25) is 5.91 Å². The second kappa shape index (κ2) is 6.09. The van der Waals surface area contributed by atoms with Gasteiger partial charge in [-0.15, -0.1) is 0 Å². The van der Waals surface area contributed by atoms with Gasteiger partial charge in [0, 0.05) is 6.54 Å². The molecule has 1 aromatic heterocycles. The van der Waals surface area contributed by atoms with Gasteiger partial charge in [0.1, 0.15) is 18.6 Å². The molecule has 1 rings (SSSR count). The molecule has 0 saturated heterocycles. The molecule has 0 unspecified atom stereocenters. The van der Waals surface area contributed by atoms with Crippen molar-refractivity contribution in [3.05, 3.63) is 11.5 Å². The summed E-state index contributed by atoms with van der Waals surface area (Å²) in [7, 11) is 0. The van der Waals surface area contributed by atoms with Gasteiger partial charge < -0.3 is 21.5 Å². The molecule has 1 aromatic rings. The molecule has 0 aliphatic heterocycles. The van der Waals surface area contributed by atoms with Crippen molar-refractivity contribution in [1.82, 2.24) is 9.97 Å². The van der Waals surface area contributed by atoms with Crippen LogP contribution in [0.2, 0.25) is 5.15 Å².